The maximum absolute atomic E-state index is 11.7. The van der Waals surface area contributed by atoms with E-state index in [2.05, 4.69) is 4.74 Å². The highest BCUT2D eigenvalue weighted by Gasteiger charge is 2.27. The van der Waals surface area contributed by atoms with Crippen molar-refractivity contribution in [2.24, 2.45) is 0 Å². The van der Waals surface area contributed by atoms with Crippen LogP contribution in [-0.2, 0) is 9.47 Å². The van der Waals surface area contributed by atoms with Crippen LogP contribution in [0.15, 0.2) is 0 Å². The van der Waals surface area contributed by atoms with Crippen LogP contribution in [0.5, 0.6) is 0 Å². The van der Waals surface area contributed by atoms with Crippen LogP contribution >= 0.6 is 0 Å². The summed E-state index contributed by atoms with van der Waals surface area (Å²) >= 11 is 0. The molecule has 0 aromatic carbocycles. The molecule has 102 valence electrons. The molecule has 1 fully saturated rings. The van der Waals surface area contributed by atoms with Crippen molar-refractivity contribution in [1.29, 1.82) is 0 Å². The third-order valence-electron chi connectivity index (χ3n) is 2.71. The second kappa shape index (κ2) is 7.18. The first-order valence-electron chi connectivity index (χ1n) is 5.91. The van der Waals surface area contributed by atoms with Crippen molar-refractivity contribution in [3.8, 4) is 0 Å². The zero-order valence-corrected chi connectivity index (χ0v) is 9.71. The van der Waals surface area contributed by atoms with Gasteiger partial charge in [0.2, 0.25) is 0 Å². The van der Waals surface area contributed by atoms with E-state index in [4.69, 9.17) is 4.74 Å². The van der Waals surface area contributed by atoms with Gasteiger partial charge in [0.05, 0.1) is 12.2 Å². The topological polar surface area (TPSA) is 38.7 Å². The Hall–Kier alpha value is -0.330. The van der Waals surface area contributed by atoms with Crippen LogP contribution in [0, 0.1) is 0 Å². The molecule has 0 aliphatic carbocycles. The monoisotopic (exact) mass is 256 g/mol. The van der Waals surface area contributed by atoms with E-state index in [1.165, 1.54) is 0 Å². The quantitative estimate of drug-likeness (QED) is 0.710. The fourth-order valence-electron chi connectivity index (χ4n) is 1.80. The Morgan fingerprint density at radius 3 is 2.71 bits per heavy atom. The van der Waals surface area contributed by atoms with Gasteiger partial charge in [-0.3, -0.25) is 0 Å². The van der Waals surface area contributed by atoms with Crippen LogP contribution < -0.4 is 0 Å². The molecule has 0 amide bonds. The molecule has 1 rings (SSSR count). The second-order valence-corrected chi connectivity index (χ2v) is 4.32. The Labute approximate surface area is 98.9 Å². The van der Waals surface area contributed by atoms with Gasteiger partial charge < -0.3 is 14.6 Å². The van der Waals surface area contributed by atoms with Gasteiger partial charge in [-0.2, -0.15) is 13.2 Å². The average molecular weight is 256 g/mol. The van der Waals surface area contributed by atoms with Gasteiger partial charge in [-0.05, 0) is 32.1 Å². The van der Waals surface area contributed by atoms with E-state index in [0.717, 1.165) is 25.9 Å². The Balaban J connectivity index is 1.95. The first-order valence-corrected chi connectivity index (χ1v) is 5.91. The van der Waals surface area contributed by atoms with E-state index >= 15 is 0 Å². The van der Waals surface area contributed by atoms with Gasteiger partial charge in [0.15, 0.2) is 0 Å². The summed E-state index contributed by atoms with van der Waals surface area (Å²) in [6.07, 6.45) is -1.06. The van der Waals surface area contributed by atoms with E-state index in [1.807, 2.05) is 0 Å². The van der Waals surface area contributed by atoms with Crippen molar-refractivity contribution in [1.82, 2.24) is 0 Å². The van der Waals surface area contributed by atoms with Gasteiger partial charge in [-0.15, -0.1) is 0 Å². The third kappa shape index (κ3) is 7.57. The first kappa shape index (κ1) is 14.7. The van der Waals surface area contributed by atoms with Crippen molar-refractivity contribution >= 4 is 0 Å². The first-order chi connectivity index (χ1) is 7.97. The van der Waals surface area contributed by atoms with Crippen LogP contribution in [0.1, 0.15) is 32.1 Å². The predicted molar refractivity (Wildman–Crippen MR) is 55.7 cm³/mol. The van der Waals surface area contributed by atoms with E-state index < -0.39 is 18.9 Å². The van der Waals surface area contributed by atoms with Gasteiger partial charge >= 0.3 is 6.18 Å². The highest BCUT2D eigenvalue weighted by atomic mass is 19.4. The SMILES string of the molecule is OC(CCOCC(F)(F)F)CCC1CCCO1. The number of aliphatic hydroxyl groups is 1. The summed E-state index contributed by atoms with van der Waals surface area (Å²) in [5, 5.41) is 9.52. The Kier molecular flexibility index (Phi) is 6.22. The standard InChI is InChI=1S/C11H19F3O3/c12-11(13,14)8-16-7-5-9(15)3-4-10-2-1-6-17-10/h9-10,15H,1-8H2. The molecule has 0 spiro atoms. The lowest BCUT2D eigenvalue weighted by Gasteiger charge is -2.14. The third-order valence-corrected chi connectivity index (χ3v) is 2.71. The van der Waals surface area contributed by atoms with E-state index in [1.54, 1.807) is 0 Å². The van der Waals surface area contributed by atoms with Gasteiger partial charge in [0.1, 0.15) is 6.61 Å². The molecule has 0 bridgehead atoms. The molecule has 1 aliphatic rings. The molecule has 2 unspecified atom stereocenters. The molecular formula is C11H19F3O3. The predicted octanol–water partition coefficient (Wildman–Crippen LogP) is 2.28. The van der Waals surface area contributed by atoms with E-state index in [-0.39, 0.29) is 19.1 Å². The molecule has 6 heteroatoms. The van der Waals surface area contributed by atoms with Crippen molar-refractivity contribution in [3.05, 3.63) is 0 Å². The average Bonchev–Trinajstić information content (AvgIpc) is 2.73. The maximum Gasteiger partial charge on any atom is 0.411 e. The Morgan fingerprint density at radius 1 is 1.35 bits per heavy atom. The zero-order valence-electron chi connectivity index (χ0n) is 9.71. The zero-order chi connectivity index (χ0) is 12.7. The van der Waals surface area contributed by atoms with E-state index in [9.17, 15) is 18.3 Å². The van der Waals surface area contributed by atoms with Crippen molar-refractivity contribution < 1.29 is 27.8 Å². The summed E-state index contributed by atoms with van der Waals surface area (Å²) in [7, 11) is 0. The van der Waals surface area contributed by atoms with Crippen molar-refractivity contribution in [2.75, 3.05) is 19.8 Å². The Bertz CT molecular complexity index is 203. The fraction of sp³-hybridized carbons (Fsp3) is 1.00. The largest absolute Gasteiger partial charge is 0.411 e. The lowest BCUT2D eigenvalue weighted by atomic mass is 10.1. The van der Waals surface area contributed by atoms with E-state index in [0.29, 0.717) is 6.42 Å². The Morgan fingerprint density at radius 2 is 2.12 bits per heavy atom. The van der Waals surface area contributed by atoms with Crippen LogP contribution in [0.25, 0.3) is 0 Å². The molecule has 0 saturated carbocycles. The maximum atomic E-state index is 11.7. The van der Waals surface area contributed by atoms with Crippen molar-refractivity contribution in [2.45, 2.75) is 50.5 Å². The molecule has 0 radical (unpaired) electrons. The van der Waals surface area contributed by atoms with Crippen LogP contribution in [0.3, 0.4) is 0 Å². The number of alkyl halides is 3. The van der Waals surface area contributed by atoms with Gasteiger partial charge in [0.25, 0.3) is 0 Å². The summed E-state index contributed by atoms with van der Waals surface area (Å²) in [6, 6.07) is 0. The molecule has 1 N–H and O–H groups in total. The molecule has 1 aliphatic heterocycles. The minimum Gasteiger partial charge on any atom is -0.393 e. The highest BCUT2D eigenvalue weighted by molar-refractivity contribution is 4.67. The molecule has 0 aromatic heterocycles. The lowest BCUT2D eigenvalue weighted by Crippen LogP contribution is -2.20. The van der Waals surface area contributed by atoms with Gasteiger partial charge in [-0.1, -0.05) is 0 Å². The molecule has 0 aromatic rings. The van der Waals surface area contributed by atoms with Crippen molar-refractivity contribution in [3.63, 3.8) is 0 Å². The van der Waals surface area contributed by atoms with Gasteiger partial charge in [0, 0.05) is 13.2 Å². The molecule has 17 heavy (non-hydrogen) atoms. The number of aliphatic hydroxyl groups excluding tert-OH is 1. The van der Waals surface area contributed by atoms with Crippen LogP contribution in [0.2, 0.25) is 0 Å². The molecule has 1 saturated heterocycles. The second-order valence-electron chi connectivity index (χ2n) is 4.32. The summed E-state index contributed by atoms with van der Waals surface area (Å²) < 4.78 is 45.0. The summed E-state index contributed by atoms with van der Waals surface area (Å²) in [5.41, 5.74) is 0. The molecular weight excluding hydrogens is 237 g/mol. The summed E-state index contributed by atoms with van der Waals surface area (Å²) in [6.45, 7) is -0.535. The summed E-state index contributed by atoms with van der Waals surface area (Å²) in [4.78, 5) is 0. The fourth-order valence-corrected chi connectivity index (χ4v) is 1.80. The molecule has 1 heterocycles. The number of rotatable bonds is 7. The smallest absolute Gasteiger partial charge is 0.393 e. The van der Waals surface area contributed by atoms with Gasteiger partial charge in [-0.25, -0.2) is 0 Å². The van der Waals surface area contributed by atoms with Crippen LogP contribution in [0.4, 0.5) is 13.2 Å². The normalized spacial score (nSPS) is 22.9. The lowest BCUT2D eigenvalue weighted by molar-refractivity contribution is -0.175. The number of halogens is 3. The number of hydrogen-bond donors (Lipinski definition) is 1. The van der Waals surface area contributed by atoms with Crippen LogP contribution in [-0.4, -0.2) is 43.3 Å². The number of hydrogen-bond acceptors (Lipinski definition) is 3. The minimum absolute atomic E-state index is 0.0633. The molecule has 2 atom stereocenters. The number of ether oxygens (including phenoxy) is 2. The summed E-state index contributed by atoms with van der Waals surface area (Å²) in [5.74, 6) is 0. The minimum atomic E-state index is -4.29. The highest BCUT2D eigenvalue weighted by Crippen LogP contribution is 2.19. The molecule has 3 nitrogen and oxygen atoms in total.